The lowest BCUT2D eigenvalue weighted by atomic mass is 10.1. The predicted octanol–water partition coefficient (Wildman–Crippen LogP) is 5.02. The molecule has 7 nitrogen and oxygen atoms in total. The van der Waals surface area contributed by atoms with Gasteiger partial charge in [-0.1, -0.05) is 48.7 Å². The monoisotopic (exact) mass is 494 g/mol. The minimum atomic E-state index is -0.443. The van der Waals surface area contributed by atoms with Gasteiger partial charge >= 0.3 is 0 Å². The van der Waals surface area contributed by atoms with E-state index in [1.165, 1.54) is 0 Å². The molecule has 0 radical (unpaired) electrons. The molecule has 2 aromatic rings. The number of amides is 3. The summed E-state index contributed by atoms with van der Waals surface area (Å²) in [4.78, 5) is 41.2. The van der Waals surface area contributed by atoms with Crippen molar-refractivity contribution >= 4 is 34.9 Å². The van der Waals surface area contributed by atoms with E-state index in [0.29, 0.717) is 36.8 Å². The van der Waals surface area contributed by atoms with Crippen molar-refractivity contribution < 1.29 is 23.9 Å². The topological polar surface area (TPSA) is 76.2 Å². The lowest BCUT2D eigenvalue weighted by Gasteiger charge is -2.22. The number of hydrogen-bond donors (Lipinski definition) is 0. The van der Waals surface area contributed by atoms with Crippen LogP contribution >= 0.6 is 11.8 Å². The van der Waals surface area contributed by atoms with E-state index in [-0.39, 0.29) is 17.4 Å². The van der Waals surface area contributed by atoms with E-state index in [2.05, 4.69) is 6.07 Å². The summed E-state index contributed by atoms with van der Waals surface area (Å²) < 4.78 is 11.4. The Bertz CT molecular complexity index is 1140. The van der Waals surface area contributed by atoms with Crippen molar-refractivity contribution in [1.82, 2.24) is 9.80 Å². The minimum absolute atomic E-state index is 0.174. The van der Waals surface area contributed by atoms with Crippen LogP contribution in [0.15, 0.2) is 47.4 Å². The Morgan fingerprint density at radius 1 is 1.03 bits per heavy atom. The third-order valence-corrected chi connectivity index (χ3v) is 7.00. The molecular formula is C27H30N2O5S. The fourth-order valence-corrected chi connectivity index (χ4v) is 5.04. The molecule has 184 valence electrons. The zero-order valence-electron chi connectivity index (χ0n) is 20.1. The number of hydrogen-bond acceptors (Lipinski definition) is 6. The van der Waals surface area contributed by atoms with Crippen LogP contribution in [0.4, 0.5) is 4.79 Å². The third kappa shape index (κ3) is 6.25. The van der Waals surface area contributed by atoms with Gasteiger partial charge in [0.2, 0.25) is 5.91 Å². The molecule has 2 aliphatic rings. The standard InChI is InChI=1S/C27H30N2O5S/c1-19-8-7-9-21(14-19)18-34-22-11-10-20(15-23(22)33-2)16-24-26(31)29(27(32)35-24)17-25(30)28-12-5-3-4-6-13-28/h7-11,14-16H,3-6,12-13,17-18H2,1-2H3. The van der Waals surface area contributed by atoms with E-state index in [9.17, 15) is 14.4 Å². The number of likely N-dealkylation sites (tertiary alicyclic amines) is 1. The number of thioether (sulfide) groups is 1. The molecule has 0 aromatic heterocycles. The number of methoxy groups -OCH3 is 1. The van der Waals surface area contributed by atoms with Gasteiger partial charge in [-0.3, -0.25) is 19.3 Å². The fraction of sp³-hybridized carbons (Fsp3) is 0.370. The molecule has 2 heterocycles. The van der Waals surface area contributed by atoms with Crippen molar-refractivity contribution in [3.8, 4) is 11.5 Å². The van der Waals surface area contributed by atoms with Gasteiger partial charge in [0.05, 0.1) is 12.0 Å². The van der Waals surface area contributed by atoms with Gasteiger partial charge < -0.3 is 14.4 Å². The highest BCUT2D eigenvalue weighted by atomic mass is 32.2. The van der Waals surface area contributed by atoms with Gasteiger partial charge in [0, 0.05) is 13.1 Å². The number of imide groups is 1. The maximum atomic E-state index is 12.9. The summed E-state index contributed by atoms with van der Waals surface area (Å²) in [6.45, 7) is 3.59. The van der Waals surface area contributed by atoms with E-state index >= 15 is 0 Å². The van der Waals surface area contributed by atoms with Gasteiger partial charge in [-0.05, 0) is 60.9 Å². The van der Waals surface area contributed by atoms with Crippen molar-refractivity contribution in [2.75, 3.05) is 26.7 Å². The Labute approximate surface area is 210 Å². The highest BCUT2D eigenvalue weighted by molar-refractivity contribution is 8.18. The first-order valence-electron chi connectivity index (χ1n) is 11.8. The number of carbonyl (C=O) groups excluding carboxylic acids is 3. The fourth-order valence-electron chi connectivity index (χ4n) is 4.20. The van der Waals surface area contributed by atoms with Gasteiger partial charge in [-0.2, -0.15) is 0 Å². The summed E-state index contributed by atoms with van der Waals surface area (Å²) in [5, 5.41) is -0.422. The van der Waals surface area contributed by atoms with Crippen LogP contribution in [0.2, 0.25) is 0 Å². The molecule has 35 heavy (non-hydrogen) atoms. The molecule has 8 heteroatoms. The molecule has 3 amide bonds. The van der Waals surface area contributed by atoms with Crippen LogP contribution in [-0.4, -0.2) is 53.6 Å². The van der Waals surface area contributed by atoms with Crippen molar-refractivity contribution in [2.24, 2.45) is 0 Å². The summed E-state index contributed by atoms with van der Waals surface area (Å²) in [5.41, 5.74) is 2.92. The quantitative estimate of drug-likeness (QED) is 0.503. The summed E-state index contributed by atoms with van der Waals surface area (Å²) in [6, 6.07) is 13.4. The number of rotatable bonds is 7. The largest absolute Gasteiger partial charge is 0.493 e. The Hall–Kier alpha value is -3.26. The number of carbonyl (C=O) groups is 3. The Balaban J connectivity index is 1.43. The van der Waals surface area contributed by atoms with E-state index < -0.39 is 11.1 Å². The van der Waals surface area contributed by atoms with Crippen LogP contribution in [0, 0.1) is 6.92 Å². The van der Waals surface area contributed by atoms with Gasteiger partial charge in [0.25, 0.3) is 11.1 Å². The van der Waals surface area contributed by atoms with Gasteiger partial charge in [0.15, 0.2) is 11.5 Å². The summed E-state index contributed by atoms with van der Waals surface area (Å²) in [7, 11) is 1.56. The lowest BCUT2D eigenvalue weighted by Crippen LogP contribution is -2.42. The third-order valence-electron chi connectivity index (χ3n) is 6.09. The van der Waals surface area contributed by atoms with Crippen LogP contribution < -0.4 is 9.47 Å². The second kappa shape index (κ2) is 11.4. The normalized spacial score (nSPS) is 17.6. The second-order valence-electron chi connectivity index (χ2n) is 8.75. The van der Waals surface area contributed by atoms with Gasteiger partial charge in [-0.25, -0.2) is 0 Å². The molecule has 2 aromatic carbocycles. The molecule has 0 bridgehead atoms. The zero-order valence-corrected chi connectivity index (χ0v) is 20.9. The predicted molar refractivity (Wildman–Crippen MR) is 136 cm³/mol. The molecule has 2 fully saturated rings. The van der Waals surface area contributed by atoms with Crippen LogP contribution in [0.25, 0.3) is 6.08 Å². The number of benzene rings is 2. The number of ether oxygens (including phenoxy) is 2. The van der Waals surface area contributed by atoms with Crippen LogP contribution in [-0.2, 0) is 16.2 Å². The zero-order chi connectivity index (χ0) is 24.8. The van der Waals surface area contributed by atoms with Crippen molar-refractivity contribution in [3.63, 3.8) is 0 Å². The van der Waals surface area contributed by atoms with E-state index in [1.807, 2.05) is 31.2 Å². The minimum Gasteiger partial charge on any atom is -0.493 e. The molecule has 0 unspecified atom stereocenters. The van der Waals surface area contributed by atoms with E-state index in [4.69, 9.17) is 9.47 Å². The SMILES string of the molecule is COc1cc(C=C2SC(=O)N(CC(=O)N3CCCCCC3)C2=O)ccc1OCc1cccc(C)c1. The molecule has 0 N–H and O–H groups in total. The maximum absolute atomic E-state index is 12.9. The molecule has 0 saturated carbocycles. The van der Waals surface area contributed by atoms with Gasteiger partial charge in [0.1, 0.15) is 13.2 Å². The molecule has 0 atom stereocenters. The van der Waals surface area contributed by atoms with Gasteiger partial charge in [-0.15, -0.1) is 0 Å². The number of aryl methyl sites for hydroxylation is 1. The second-order valence-corrected chi connectivity index (χ2v) is 9.74. The van der Waals surface area contributed by atoms with Crippen molar-refractivity contribution in [2.45, 2.75) is 39.2 Å². The van der Waals surface area contributed by atoms with Crippen LogP contribution in [0.1, 0.15) is 42.4 Å². The maximum Gasteiger partial charge on any atom is 0.294 e. The van der Waals surface area contributed by atoms with Crippen molar-refractivity contribution in [3.05, 3.63) is 64.1 Å². The van der Waals surface area contributed by atoms with Crippen molar-refractivity contribution in [1.29, 1.82) is 0 Å². The smallest absolute Gasteiger partial charge is 0.294 e. The average Bonchev–Trinajstić information content (AvgIpc) is 3.04. The van der Waals surface area contributed by atoms with E-state index in [1.54, 1.807) is 30.2 Å². The van der Waals surface area contributed by atoms with E-state index in [0.717, 1.165) is 53.5 Å². The first kappa shape index (κ1) is 24.9. The molecule has 0 aliphatic carbocycles. The molecule has 2 aliphatic heterocycles. The summed E-state index contributed by atoms with van der Waals surface area (Å²) in [6.07, 6.45) is 5.77. The summed E-state index contributed by atoms with van der Waals surface area (Å²) >= 11 is 0.852. The highest BCUT2D eigenvalue weighted by Gasteiger charge is 2.37. The Morgan fingerprint density at radius 2 is 1.80 bits per heavy atom. The van der Waals surface area contributed by atoms with Crippen LogP contribution in [0.5, 0.6) is 11.5 Å². The van der Waals surface area contributed by atoms with Crippen LogP contribution in [0.3, 0.4) is 0 Å². The molecule has 0 spiro atoms. The lowest BCUT2D eigenvalue weighted by molar-refractivity contribution is -0.135. The molecule has 4 rings (SSSR count). The number of nitrogens with zero attached hydrogens (tertiary/aromatic N) is 2. The average molecular weight is 495 g/mol. The Kier molecular flexibility index (Phi) is 8.13. The Morgan fingerprint density at radius 3 is 2.51 bits per heavy atom. The molecular weight excluding hydrogens is 464 g/mol. The molecule has 2 saturated heterocycles. The first-order valence-corrected chi connectivity index (χ1v) is 12.7. The summed E-state index contributed by atoms with van der Waals surface area (Å²) in [5.74, 6) is 0.499. The first-order chi connectivity index (χ1) is 16.9. The highest BCUT2D eigenvalue weighted by Crippen LogP contribution is 2.35.